The molecule has 4 nitrogen and oxygen atoms in total. The maximum atomic E-state index is 10.8. The van der Waals surface area contributed by atoms with Crippen LogP contribution in [0, 0.1) is 10.1 Å². The standard InChI is InChI=1S/C11H16N2O2S/c1-3-5-12-9-6-10(13(14)15)8-11(7-9)16-4-2/h6-8,12H,3-5H2,1-2H3. The van der Waals surface area contributed by atoms with E-state index in [0.29, 0.717) is 0 Å². The van der Waals surface area contributed by atoms with Crippen molar-refractivity contribution in [3.63, 3.8) is 0 Å². The first kappa shape index (κ1) is 12.8. The van der Waals surface area contributed by atoms with Crippen LogP contribution < -0.4 is 5.32 Å². The van der Waals surface area contributed by atoms with E-state index in [0.717, 1.165) is 29.3 Å². The van der Waals surface area contributed by atoms with E-state index in [4.69, 9.17) is 0 Å². The van der Waals surface area contributed by atoms with Crippen molar-refractivity contribution in [1.82, 2.24) is 0 Å². The van der Waals surface area contributed by atoms with Crippen LogP contribution in [0.15, 0.2) is 23.1 Å². The van der Waals surface area contributed by atoms with E-state index < -0.39 is 0 Å². The van der Waals surface area contributed by atoms with Crippen molar-refractivity contribution in [1.29, 1.82) is 0 Å². The SMILES string of the molecule is CCCNc1cc(SCC)cc([N+](=O)[O-])c1. The summed E-state index contributed by atoms with van der Waals surface area (Å²) in [5.41, 5.74) is 0.976. The van der Waals surface area contributed by atoms with Crippen molar-refractivity contribution in [3.05, 3.63) is 28.3 Å². The molecule has 0 fully saturated rings. The predicted molar refractivity (Wildman–Crippen MR) is 68.3 cm³/mol. The fourth-order valence-corrected chi connectivity index (χ4v) is 2.06. The highest BCUT2D eigenvalue weighted by molar-refractivity contribution is 7.99. The zero-order valence-electron chi connectivity index (χ0n) is 9.53. The summed E-state index contributed by atoms with van der Waals surface area (Å²) in [5, 5.41) is 13.9. The lowest BCUT2D eigenvalue weighted by Crippen LogP contribution is -2.00. The fourth-order valence-electron chi connectivity index (χ4n) is 1.31. The third-order valence-electron chi connectivity index (χ3n) is 1.99. The van der Waals surface area contributed by atoms with Crippen LogP contribution in [0.1, 0.15) is 20.3 Å². The third-order valence-corrected chi connectivity index (χ3v) is 2.85. The maximum absolute atomic E-state index is 10.8. The highest BCUT2D eigenvalue weighted by Gasteiger charge is 2.09. The minimum Gasteiger partial charge on any atom is -0.385 e. The Labute approximate surface area is 99.6 Å². The Balaban J connectivity index is 2.93. The van der Waals surface area contributed by atoms with Gasteiger partial charge in [0, 0.05) is 29.3 Å². The number of benzene rings is 1. The van der Waals surface area contributed by atoms with Gasteiger partial charge in [0.05, 0.1) is 4.92 Å². The van der Waals surface area contributed by atoms with Crippen LogP contribution in [0.4, 0.5) is 11.4 Å². The molecule has 1 aromatic rings. The zero-order valence-corrected chi connectivity index (χ0v) is 10.3. The zero-order chi connectivity index (χ0) is 12.0. The van der Waals surface area contributed by atoms with E-state index in [1.54, 1.807) is 23.9 Å². The molecule has 0 radical (unpaired) electrons. The van der Waals surface area contributed by atoms with E-state index in [9.17, 15) is 10.1 Å². The van der Waals surface area contributed by atoms with E-state index in [-0.39, 0.29) is 10.6 Å². The largest absolute Gasteiger partial charge is 0.385 e. The Morgan fingerprint density at radius 2 is 2.12 bits per heavy atom. The Morgan fingerprint density at radius 1 is 1.38 bits per heavy atom. The van der Waals surface area contributed by atoms with Crippen LogP contribution in [0.5, 0.6) is 0 Å². The molecule has 0 atom stereocenters. The number of rotatable bonds is 6. The number of anilines is 1. The molecule has 0 amide bonds. The first-order valence-corrected chi connectivity index (χ1v) is 6.32. The molecule has 1 rings (SSSR count). The molecule has 88 valence electrons. The molecule has 0 aliphatic carbocycles. The molecule has 0 unspecified atom stereocenters. The van der Waals surface area contributed by atoms with Crippen LogP contribution in [-0.2, 0) is 0 Å². The van der Waals surface area contributed by atoms with Gasteiger partial charge >= 0.3 is 0 Å². The van der Waals surface area contributed by atoms with Gasteiger partial charge in [-0.05, 0) is 18.2 Å². The molecule has 0 bridgehead atoms. The first-order chi connectivity index (χ1) is 7.67. The molecule has 16 heavy (non-hydrogen) atoms. The van der Waals surface area contributed by atoms with Gasteiger partial charge in [-0.2, -0.15) is 0 Å². The molecule has 0 spiro atoms. The minimum absolute atomic E-state index is 0.150. The normalized spacial score (nSPS) is 10.1. The van der Waals surface area contributed by atoms with Gasteiger partial charge in [0.15, 0.2) is 0 Å². The summed E-state index contributed by atoms with van der Waals surface area (Å²) < 4.78 is 0. The fraction of sp³-hybridized carbons (Fsp3) is 0.455. The van der Waals surface area contributed by atoms with Crippen molar-refractivity contribution in [2.24, 2.45) is 0 Å². The lowest BCUT2D eigenvalue weighted by molar-refractivity contribution is -0.385. The summed E-state index contributed by atoms with van der Waals surface area (Å²) >= 11 is 1.61. The molecule has 0 saturated heterocycles. The lowest BCUT2D eigenvalue weighted by Gasteiger charge is -2.06. The number of nitrogens with one attached hydrogen (secondary N) is 1. The van der Waals surface area contributed by atoms with Crippen LogP contribution in [0.25, 0.3) is 0 Å². The average molecular weight is 240 g/mol. The summed E-state index contributed by atoms with van der Waals surface area (Å²) in [7, 11) is 0. The Kier molecular flexibility index (Phi) is 5.11. The van der Waals surface area contributed by atoms with Gasteiger partial charge < -0.3 is 5.32 Å². The third kappa shape index (κ3) is 3.73. The van der Waals surface area contributed by atoms with Crippen molar-refractivity contribution >= 4 is 23.1 Å². The number of thioether (sulfide) groups is 1. The number of hydrogen-bond donors (Lipinski definition) is 1. The van der Waals surface area contributed by atoms with Crippen molar-refractivity contribution < 1.29 is 4.92 Å². The summed E-state index contributed by atoms with van der Waals surface area (Å²) in [6, 6.07) is 5.15. The van der Waals surface area contributed by atoms with Crippen molar-refractivity contribution in [3.8, 4) is 0 Å². The second-order valence-corrected chi connectivity index (χ2v) is 4.67. The molecule has 1 aromatic carbocycles. The van der Waals surface area contributed by atoms with Crippen LogP contribution >= 0.6 is 11.8 Å². The highest BCUT2D eigenvalue weighted by Crippen LogP contribution is 2.27. The van der Waals surface area contributed by atoms with Gasteiger partial charge in [-0.3, -0.25) is 10.1 Å². The number of nitrogens with zero attached hydrogens (tertiary/aromatic N) is 1. The van der Waals surface area contributed by atoms with Gasteiger partial charge in [0.1, 0.15) is 0 Å². The Hall–Kier alpha value is -1.23. The smallest absolute Gasteiger partial charge is 0.272 e. The molecule has 0 saturated carbocycles. The van der Waals surface area contributed by atoms with Crippen LogP contribution in [-0.4, -0.2) is 17.2 Å². The summed E-state index contributed by atoms with van der Waals surface area (Å²) in [6.07, 6.45) is 0.999. The quantitative estimate of drug-likeness (QED) is 0.469. The molecule has 0 aliphatic heterocycles. The van der Waals surface area contributed by atoms with E-state index in [1.165, 1.54) is 0 Å². The lowest BCUT2D eigenvalue weighted by atomic mass is 10.2. The van der Waals surface area contributed by atoms with E-state index in [2.05, 4.69) is 12.2 Å². The number of non-ortho nitro benzene ring substituents is 1. The Morgan fingerprint density at radius 3 is 2.69 bits per heavy atom. The number of hydrogen-bond acceptors (Lipinski definition) is 4. The highest BCUT2D eigenvalue weighted by atomic mass is 32.2. The van der Waals surface area contributed by atoms with E-state index in [1.807, 2.05) is 13.0 Å². The van der Waals surface area contributed by atoms with Gasteiger partial charge in [-0.15, -0.1) is 11.8 Å². The summed E-state index contributed by atoms with van der Waals surface area (Å²) in [5.74, 6) is 0.911. The van der Waals surface area contributed by atoms with Crippen LogP contribution in [0.2, 0.25) is 0 Å². The summed E-state index contributed by atoms with van der Waals surface area (Å²) in [4.78, 5) is 11.3. The number of nitro groups is 1. The maximum Gasteiger partial charge on any atom is 0.272 e. The molecule has 0 heterocycles. The van der Waals surface area contributed by atoms with E-state index >= 15 is 0 Å². The second kappa shape index (κ2) is 6.37. The minimum atomic E-state index is -0.350. The van der Waals surface area contributed by atoms with Gasteiger partial charge in [-0.1, -0.05) is 13.8 Å². The first-order valence-electron chi connectivity index (χ1n) is 5.33. The molecule has 0 aliphatic rings. The van der Waals surface area contributed by atoms with Crippen molar-refractivity contribution in [2.45, 2.75) is 25.2 Å². The molecule has 1 N–H and O–H groups in total. The van der Waals surface area contributed by atoms with Crippen LogP contribution in [0.3, 0.4) is 0 Å². The second-order valence-electron chi connectivity index (χ2n) is 3.33. The monoisotopic (exact) mass is 240 g/mol. The predicted octanol–water partition coefficient (Wildman–Crippen LogP) is 3.53. The molecular formula is C11H16N2O2S. The Bertz CT molecular complexity index is 369. The number of nitro benzene ring substituents is 1. The average Bonchev–Trinajstić information content (AvgIpc) is 2.26. The summed E-state index contributed by atoms with van der Waals surface area (Å²) in [6.45, 7) is 4.92. The topological polar surface area (TPSA) is 55.2 Å². The molecule has 5 heteroatoms. The van der Waals surface area contributed by atoms with Gasteiger partial charge in [0.25, 0.3) is 5.69 Å². The van der Waals surface area contributed by atoms with Gasteiger partial charge in [-0.25, -0.2) is 0 Å². The molecule has 0 aromatic heterocycles. The van der Waals surface area contributed by atoms with Crippen molar-refractivity contribution in [2.75, 3.05) is 17.6 Å². The molecular weight excluding hydrogens is 224 g/mol. The van der Waals surface area contributed by atoms with Gasteiger partial charge in [0.2, 0.25) is 0 Å².